The number of aryl methyl sites for hydroxylation is 1. The lowest BCUT2D eigenvalue weighted by atomic mass is 10.4. The molecule has 0 fully saturated rings. The second-order valence-corrected chi connectivity index (χ2v) is 1.96. The van der Waals surface area contributed by atoms with Crippen LogP contribution in [0.25, 0.3) is 0 Å². The van der Waals surface area contributed by atoms with Crippen molar-refractivity contribution in [3.8, 4) is 0 Å². The highest BCUT2D eigenvalue weighted by molar-refractivity contribution is 4.93. The summed E-state index contributed by atoms with van der Waals surface area (Å²) < 4.78 is 13.3. The number of hydrogen-bond donors (Lipinski definition) is 0. The third-order valence-corrected chi connectivity index (χ3v) is 1.20. The molecule has 0 N–H and O–H groups in total. The van der Waals surface area contributed by atoms with Gasteiger partial charge in [-0.05, 0) is 0 Å². The maximum atomic E-state index is 11.7. The van der Waals surface area contributed by atoms with Gasteiger partial charge >= 0.3 is 0 Å². The van der Waals surface area contributed by atoms with Gasteiger partial charge in [0.1, 0.15) is 6.67 Å². The quantitative estimate of drug-likeness (QED) is 0.597. The Balaban J connectivity index is 2.79. The third-order valence-electron chi connectivity index (χ3n) is 1.20. The van der Waals surface area contributed by atoms with Gasteiger partial charge < -0.3 is 4.57 Å². The first-order chi connectivity index (χ1) is 4.83. The van der Waals surface area contributed by atoms with Crippen LogP contribution in [0.2, 0.25) is 0 Å². The third kappa shape index (κ3) is 1.69. The van der Waals surface area contributed by atoms with Crippen molar-refractivity contribution in [1.29, 1.82) is 0 Å². The van der Waals surface area contributed by atoms with Gasteiger partial charge in [-0.1, -0.05) is 0 Å². The second kappa shape index (κ2) is 3.15. The summed E-state index contributed by atoms with van der Waals surface area (Å²) in [7, 11) is 0. The Morgan fingerprint density at radius 3 is 2.50 bits per heavy atom. The first-order valence-corrected chi connectivity index (χ1v) is 3.05. The lowest BCUT2D eigenvalue weighted by Crippen LogP contribution is -2.04. The van der Waals surface area contributed by atoms with Gasteiger partial charge in [0.2, 0.25) is 0 Å². The molecule has 0 spiro atoms. The van der Waals surface area contributed by atoms with Crippen molar-refractivity contribution in [2.45, 2.75) is 6.54 Å². The maximum Gasteiger partial charge on any atom is 0.181 e. The van der Waals surface area contributed by atoms with E-state index in [2.05, 4.69) is 0 Å². The van der Waals surface area contributed by atoms with E-state index in [1.807, 2.05) is 0 Å². The van der Waals surface area contributed by atoms with Crippen LogP contribution in [0.4, 0.5) is 4.39 Å². The van der Waals surface area contributed by atoms with E-state index in [4.69, 9.17) is 0 Å². The molecule has 1 rings (SSSR count). The Bertz CT molecular complexity index is 236. The molecule has 0 radical (unpaired) electrons. The molecule has 54 valence electrons. The first kappa shape index (κ1) is 6.99. The van der Waals surface area contributed by atoms with Crippen molar-refractivity contribution in [2.75, 3.05) is 6.67 Å². The molecule has 1 aromatic rings. The van der Waals surface area contributed by atoms with Crippen LogP contribution >= 0.6 is 0 Å². The second-order valence-electron chi connectivity index (χ2n) is 1.96. The standard InChI is InChI=1S/C7H8FNO/c8-3-6-9-4-1-7(10)2-5-9/h1-2,4-5H,3,6H2. The Morgan fingerprint density at radius 2 is 2.00 bits per heavy atom. The highest BCUT2D eigenvalue weighted by Gasteiger charge is 1.85. The largest absolute Gasteiger partial charge is 0.351 e. The molecule has 1 aromatic heterocycles. The summed E-state index contributed by atoms with van der Waals surface area (Å²) >= 11 is 0. The van der Waals surface area contributed by atoms with Crippen molar-refractivity contribution in [3.63, 3.8) is 0 Å². The van der Waals surface area contributed by atoms with Gasteiger partial charge in [0, 0.05) is 24.5 Å². The normalized spacial score (nSPS) is 9.70. The SMILES string of the molecule is O=c1ccn(CCF)cc1. The average molecular weight is 141 g/mol. The highest BCUT2D eigenvalue weighted by atomic mass is 19.1. The zero-order valence-electron chi connectivity index (χ0n) is 5.46. The van der Waals surface area contributed by atoms with Crippen molar-refractivity contribution in [1.82, 2.24) is 4.57 Å². The summed E-state index contributed by atoms with van der Waals surface area (Å²) in [5.41, 5.74) is -0.0462. The number of rotatable bonds is 2. The van der Waals surface area contributed by atoms with E-state index in [0.29, 0.717) is 6.54 Å². The number of pyridine rings is 1. The summed E-state index contributed by atoms with van der Waals surface area (Å²) in [5, 5.41) is 0. The molecule has 3 heteroatoms. The van der Waals surface area contributed by atoms with Crippen LogP contribution in [0, 0.1) is 0 Å². The Kier molecular flexibility index (Phi) is 2.20. The molecular weight excluding hydrogens is 133 g/mol. The van der Waals surface area contributed by atoms with Crippen LogP contribution in [-0.4, -0.2) is 11.2 Å². The van der Waals surface area contributed by atoms with E-state index in [0.717, 1.165) is 0 Å². The molecule has 0 saturated heterocycles. The molecule has 2 nitrogen and oxygen atoms in total. The number of halogens is 1. The fourth-order valence-corrected chi connectivity index (χ4v) is 0.690. The lowest BCUT2D eigenvalue weighted by molar-refractivity contribution is 0.444. The monoisotopic (exact) mass is 141 g/mol. The van der Waals surface area contributed by atoms with E-state index >= 15 is 0 Å². The van der Waals surface area contributed by atoms with E-state index in [9.17, 15) is 9.18 Å². The molecule has 0 saturated carbocycles. The van der Waals surface area contributed by atoms with Crippen molar-refractivity contribution in [2.24, 2.45) is 0 Å². The van der Waals surface area contributed by atoms with Crippen molar-refractivity contribution >= 4 is 0 Å². The Labute approximate surface area is 57.9 Å². The van der Waals surface area contributed by atoms with Crippen molar-refractivity contribution in [3.05, 3.63) is 34.7 Å². The Hall–Kier alpha value is -1.12. The minimum absolute atomic E-state index is 0.0462. The highest BCUT2D eigenvalue weighted by Crippen LogP contribution is 1.83. The molecule has 0 aromatic carbocycles. The fourth-order valence-electron chi connectivity index (χ4n) is 0.690. The number of hydrogen-bond acceptors (Lipinski definition) is 1. The zero-order chi connectivity index (χ0) is 7.40. The van der Waals surface area contributed by atoms with Crippen LogP contribution in [-0.2, 0) is 6.54 Å². The predicted octanol–water partition coefficient (Wildman–Crippen LogP) is 0.818. The van der Waals surface area contributed by atoms with Crippen LogP contribution in [0.15, 0.2) is 29.3 Å². The van der Waals surface area contributed by atoms with Gasteiger partial charge in [-0.25, -0.2) is 4.39 Å². The molecule has 0 bridgehead atoms. The van der Waals surface area contributed by atoms with Crippen LogP contribution in [0.3, 0.4) is 0 Å². The number of nitrogens with zero attached hydrogens (tertiary/aromatic N) is 1. The minimum atomic E-state index is -0.400. The Morgan fingerprint density at radius 1 is 1.40 bits per heavy atom. The topological polar surface area (TPSA) is 22.0 Å². The van der Waals surface area contributed by atoms with Crippen molar-refractivity contribution < 1.29 is 4.39 Å². The smallest absolute Gasteiger partial charge is 0.181 e. The van der Waals surface area contributed by atoms with E-state index in [1.54, 1.807) is 17.0 Å². The number of alkyl halides is 1. The molecular formula is C7H8FNO. The van der Waals surface area contributed by atoms with Gasteiger partial charge in [-0.3, -0.25) is 4.79 Å². The van der Waals surface area contributed by atoms with Gasteiger partial charge in [0.25, 0.3) is 0 Å². The zero-order valence-corrected chi connectivity index (χ0v) is 5.46. The summed E-state index contributed by atoms with van der Waals surface area (Å²) in [4.78, 5) is 10.5. The van der Waals surface area contributed by atoms with E-state index < -0.39 is 6.67 Å². The summed E-state index contributed by atoms with van der Waals surface area (Å²) in [6.45, 7) is -0.0802. The molecule has 0 aliphatic carbocycles. The minimum Gasteiger partial charge on any atom is -0.351 e. The average Bonchev–Trinajstić information content (AvgIpc) is 1.95. The summed E-state index contributed by atoms with van der Waals surface area (Å²) in [6, 6.07) is 2.82. The van der Waals surface area contributed by atoms with Gasteiger partial charge in [-0.15, -0.1) is 0 Å². The molecule has 0 aliphatic heterocycles. The lowest BCUT2D eigenvalue weighted by Gasteiger charge is -1.98. The van der Waals surface area contributed by atoms with Crippen LogP contribution in [0.5, 0.6) is 0 Å². The van der Waals surface area contributed by atoms with Gasteiger partial charge in [0.05, 0.1) is 6.54 Å². The molecule has 0 aliphatic rings. The molecule has 1 heterocycles. The van der Waals surface area contributed by atoms with Gasteiger partial charge in [-0.2, -0.15) is 0 Å². The van der Waals surface area contributed by atoms with E-state index in [-0.39, 0.29) is 5.43 Å². The van der Waals surface area contributed by atoms with Crippen LogP contribution in [0.1, 0.15) is 0 Å². The molecule has 0 atom stereocenters. The summed E-state index contributed by atoms with van der Waals surface area (Å²) in [6.07, 6.45) is 3.14. The maximum absolute atomic E-state index is 11.7. The number of aromatic nitrogens is 1. The molecule has 0 amide bonds. The fraction of sp³-hybridized carbons (Fsp3) is 0.286. The molecule has 10 heavy (non-hydrogen) atoms. The summed E-state index contributed by atoms with van der Waals surface area (Å²) in [5.74, 6) is 0. The molecule has 0 unspecified atom stereocenters. The predicted molar refractivity (Wildman–Crippen MR) is 36.7 cm³/mol. The van der Waals surface area contributed by atoms with Gasteiger partial charge in [0.15, 0.2) is 5.43 Å². The first-order valence-electron chi connectivity index (χ1n) is 3.05. The van der Waals surface area contributed by atoms with E-state index in [1.165, 1.54) is 12.1 Å². The van der Waals surface area contributed by atoms with Crippen LogP contribution < -0.4 is 5.43 Å².